The molecule has 0 N–H and O–H groups in total. The van der Waals surface area contributed by atoms with Crippen molar-refractivity contribution in [2.45, 2.75) is 6.92 Å². The number of aromatic nitrogens is 1. The number of aryl methyl sites for hydroxylation is 1. The molecule has 0 aromatic carbocycles. The van der Waals surface area contributed by atoms with Crippen LogP contribution < -0.4 is 5.11 Å². The summed E-state index contributed by atoms with van der Waals surface area (Å²) in [6.45, 7) is 1.64. The number of pyridine rings is 1. The van der Waals surface area contributed by atoms with Gasteiger partial charge in [-0.3, -0.25) is 0 Å². The van der Waals surface area contributed by atoms with Crippen molar-refractivity contribution >= 4 is 11.9 Å². The SMILES string of the molecule is COC(=O)c1nc(C)ccc1C(=O)[O-]. The minimum Gasteiger partial charge on any atom is -0.545 e. The van der Waals surface area contributed by atoms with Gasteiger partial charge in [0.1, 0.15) is 0 Å². The summed E-state index contributed by atoms with van der Waals surface area (Å²) >= 11 is 0. The van der Waals surface area contributed by atoms with Gasteiger partial charge in [0.05, 0.1) is 13.1 Å². The molecule has 0 aliphatic carbocycles. The van der Waals surface area contributed by atoms with Crippen LogP contribution in [0.2, 0.25) is 0 Å². The molecule has 0 unspecified atom stereocenters. The average molecular weight is 194 g/mol. The lowest BCUT2D eigenvalue weighted by atomic mass is 10.2. The lowest BCUT2D eigenvalue weighted by Gasteiger charge is -2.07. The molecule has 1 aromatic heterocycles. The molecule has 0 spiro atoms. The predicted octanol–water partition coefficient (Wildman–Crippen LogP) is -0.460. The smallest absolute Gasteiger partial charge is 0.357 e. The number of carbonyl (C=O) groups is 2. The van der Waals surface area contributed by atoms with E-state index in [9.17, 15) is 14.7 Å². The first-order chi connectivity index (χ1) is 6.56. The van der Waals surface area contributed by atoms with Gasteiger partial charge in [0.15, 0.2) is 5.69 Å². The van der Waals surface area contributed by atoms with E-state index >= 15 is 0 Å². The molecule has 0 saturated carbocycles. The van der Waals surface area contributed by atoms with Crippen LogP contribution in [0.25, 0.3) is 0 Å². The van der Waals surface area contributed by atoms with E-state index in [0.717, 1.165) is 7.11 Å². The van der Waals surface area contributed by atoms with Crippen LogP contribution >= 0.6 is 0 Å². The van der Waals surface area contributed by atoms with Crippen molar-refractivity contribution in [3.63, 3.8) is 0 Å². The van der Waals surface area contributed by atoms with Crippen LogP contribution in [0.5, 0.6) is 0 Å². The van der Waals surface area contributed by atoms with Gasteiger partial charge < -0.3 is 14.6 Å². The van der Waals surface area contributed by atoms with Gasteiger partial charge in [0.25, 0.3) is 0 Å². The Labute approximate surface area is 80.3 Å². The van der Waals surface area contributed by atoms with Crippen LogP contribution in [0.3, 0.4) is 0 Å². The van der Waals surface area contributed by atoms with Gasteiger partial charge in [-0.05, 0) is 19.1 Å². The van der Waals surface area contributed by atoms with Crippen molar-refractivity contribution in [3.8, 4) is 0 Å². The molecule has 0 radical (unpaired) electrons. The van der Waals surface area contributed by atoms with Crippen LogP contribution in [0.15, 0.2) is 12.1 Å². The van der Waals surface area contributed by atoms with Crippen LogP contribution in [0.4, 0.5) is 0 Å². The van der Waals surface area contributed by atoms with E-state index in [0.29, 0.717) is 5.69 Å². The first-order valence-corrected chi connectivity index (χ1v) is 3.83. The Kier molecular flexibility index (Phi) is 2.81. The van der Waals surface area contributed by atoms with E-state index in [1.54, 1.807) is 6.92 Å². The fraction of sp³-hybridized carbons (Fsp3) is 0.222. The van der Waals surface area contributed by atoms with Crippen molar-refractivity contribution in [2.24, 2.45) is 0 Å². The summed E-state index contributed by atoms with van der Waals surface area (Å²) in [5.74, 6) is -2.23. The van der Waals surface area contributed by atoms with Crippen LogP contribution in [0, 0.1) is 6.92 Å². The number of nitrogens with zero attached hydrogens (tertiary/aromatic N) is 1. The fourth-order valence-electron chi connectivity index (χ4n) is 0.974. The molecule has 0 aliphatic heterocycles. The highest BCUT2D eigenvalue weighted by molar-refractivity contribution is 6.00. The zero-order chi connectivity index (χ0) is 10.7. The van der Waals surface area contributed by atoms with E-state index in [1.807, 2.05) is 0 Å². The number of esters is 1. The molecule has 1 rings (SSSR count). The number of ether oxygens (including phenoxy) is 1. The number of carbonyl (C=O) groups excluding carboxylic acids is 2. The van der Waals surface area contributed by atoms with Crippen molar-refractivity contribution in [3.05, 3.63) is 29.1 Å². The molecule has 74 valence electrons. The Morgan fingerprint density at radius 2 is 2.07 bits per heavy atom. The van der Waals surface area contributed by atoms with E-state index in [4.69, 9.17) is 0 Å². The van der Waals surface area contributed by atoms with Gasteiger partial charge in [-0.2, -0.15) is 0 Å². The van der Waals surface area contributed by atoms with Gasteiger partial charge in [-0.1, -0.05) is 0 Å². The second-order valence-corrected chi connectivity index (χ2v) is 2.63. The number of hydrogen-bond acceptors (Lipinski definition) is 5. The molecule has 14 heavy (non-hydrogen) atoms. The number of hydrogen-bond donors (Lipinski definition) is 0. The van der Waals surface area contributed by atoms with Crippen LogP contribution in [0.1, 0.15) is 26.5 Å². The summed E-state index contributed by atoms with van der Waals surface area (Å²) in [5.41, 5.74) is 0.0466. The molecule has 1 aromatic rings. The zero-order valence-electron chi connectivity index (χ0n) is 7.73. The summed E-state index contributed by atoms with van der Waals surface area (Å²) in [5, 5.41) is 10.6. The maximum absolute atomic E-state index is 11.1. The highest BCUT2D eigenvalue weighted by atomic mass is 16.5. The van der Waals surface area contributed by atoms with E-state index in [1.165, 1.54) is 12.1 Å². The summed E-state index contributed by atoms with van der Waals surface area (Å²) in [6.07, 6.45) is 0. The molecule has 1 heterocycles. The molecule has 0 fully saturated rings. The van der Waals surface area contributed by atoms with Gasteiger partial charge in [0, 0.05) is 11.3 Å². The minimum atomic E-state index is -1.45. The Morgan fingerprint density at radius 1 is 1.43 bits per heavy atom. The second-order valence-electron chi connectivity index (χ2n) is 2.63. The molecule has 0 saturated heterocycles. The average Bonchev–Trinajstić information content (AvgIpc) is 2.16. The molecular formula is C9H8NO4-. The monoisotopic (exact) mass is 194 g/mol. The van der Waals surface area contributed by atoms with E-state index < -0.39 is 11.9 Å². The van der Waals surface area contributed by atoms with Gasteiger partial charge >= 0.3 is 5.97 Å². The quantitative estimate of drug-likeness (QED) is 0.595. The van der Waals surface area contributed by atoms with Gasteiger partial charge in [-0.25, -0.2) is 9.78 Å². The van der Waals surface area contributed by atoms with Crippen LogP contribution in [-0.2, 0) is 4.74 Å². The summed E-state index contributed by atoms with van der Waals surface area (Å²) in [7, 11) is 1.16. The van der Waals surface area contributed by atoms with Gasteiger partial charge in [0.2, 0.25) is 0 Å². The Bertz CT molecular complexity index is 386. The Hall–Kier alpha value is -1.91. The molecule has 5 nitrogen and oxygen atoms in total. The fourth-order valence-corrected chi connectivity index (χ4v) is 0.974. The third-order valence-electron chi connectivity index (χ3n) is 1.63. The van der Waals surface area contributed by atoms with Gasteiger partial charge in [-0.15, -0.1) is 0 Å². The van der Waals surface area contributed by atoms with Crippen LogP contribution in [-0.4, -0.2) is 24.0 Å². The zero-order valence-corrected chi connectivity index (χ0v) is 7.73. The topological polar surface area (TPSA) is 79.3 Å². The predicted molar refractivity (Wildman–Crippen MR) is 44.6 cm³/mol. The lowest BCUT2D eigenvalue weighted by Crippen LogP contribution is -2.26. The third-order valence-corrected chi connectivity index (χ3v) is 1.63. The van der Waals surface area contributed by atoms with Crippen molar-refractivity contribution in [1.29, 1.82) is 0 Å². The maximum Gasteiger partial charge on any atom is 0.357 e. The largest absolute Gasteiger partial charge is 0.545 e. The number of rotatable bonds is 2. The number of methoxy groups -OCH3 is 1. The normalized spacial score (nSPS) is 9.57. The van der Waals surface area contributed by atoms with Crippen molar-refractivity contribution in [1.82, 2.24) is 4.98 Å². The highest BCUT2D eigenvalue weighted by Crippen LogP contribution is 2.07. The Balaban J connectivity index is 3.29. The highest BCUT2D eigenvalue weighted by Gasteiger charge is 2.14. The second kappa shape index (κ2) is 3.87. The molecule has 5 heteroatoms. The lowest BCUT2D eigenvalue weighted by molar-refractivity contribution is -0.255. The first kappa shape index (κ1) is 10.2. The maximum atomic E-state index is 11.1. The molecule has 0 amide bonds. The number of carboxylic acids is 1. The van der Waals surface area contributed by atoms with Crippen molar-refractivity contribution < 1.29 is 19.4 Å². The summed E-state index contributed by atoms with van der Waals surface area (Å²) in [4.78, 5) is 25.5. The molecular weight excluding hydrogens is 186 g/mol. The number of carboxylic acid groups (broad SMARTS) is 1. The molecule has 0 bridgehead atoms. The third kappa shape index (κ3) is 1.87. The number of aromatic carboxylic acids is 1. The van der Waals surface area contributed by atoms with E-state index in [-0.39, 0.29) is 11.3 Å². The first-order valence-electron chi connectivity index (χ1n) is 3.83. The van der Waals surface area contributed by atoms with E-state index in [2.05, 4.69) is 9.72 Å². The standard InChI is InChI=1S/C9H9NO4/c1-5-3-4-6(8(11)12)7(10-5)9(13)14-2/h3-4H,1-2H3,(H,11,12)/p-1. The molecule has 0 aliphatic rings. The minimum absolute atomic E-state index is 0.229. The molecule has 0 atom stereocenters. The van der Waals surface area contributed by atoms with Crippen molar-refractivity contribution in [2.75, 3.05) is 7.11 Å². The Morgan fingerprint density at radius 3 is 2.57 bits per heavy atom. The summed E-state index contributed by atoms with van der Waals surface area (Å²) in [6, 6.07) is 2.75. The summed E-state index contributed by atoms with van der Waals surface area (Å²) < 4.78 is 4.39.